The molecular formula is C44H30OS. The molecule has 1 aromatic heterocycles. The lowest BCUT2D eigenvalue weighted by molar-refractivity contribution is 0.669. The van der Waals surface area contributed by atoms with Crippen molar-refractivity contribution in [2.24, 2.45) is 0 Å². The van der Waals surface area contributed by atoms with E-state index in [1.807, 2.05) is 23.9 Å². The van der Waals surface area contributed by atoms with Crippen LogP contribution < -0.4 is 0 Å². The quantitative estimate of drug-likeness (QED) is 0.198. The van der Waals surface area contributed by atoms with Gasteiger partial charge >= 0.3 is 0 Å². The third kappa shape index (κ3) is 4.83. The second-order valence-electron chi connectivity index (χ2n) is 12.1. The summed E-state index contributed by atoms with van der Waals surface area (Å²) in [5.41, 5.74) is 17.1. The Bertz CT molecular complexity index is 2330. The third-order valence-electron chi connectivity index (χ3n) is 9.22. The van der Waals surface area contributed by atoms with Gasteiger partial charge in [-0.1, -0.05) is 109 Å². The van der Waals surface area contributed by atoms with E-state index < -0.39 is 0 Å². The molecule has 0 fully saturated rings. The fraction of sp³-hybridized carbons (Fsp3) is 0.0455. The van der Waals surface area contributed by atoms with Gasteiger partial charge < -0.3 is 4.42 Å². The van der Waals surface area contributed by atoms with Gasteiger partial charge in [-0.05, 0) is 115 Å². The van der Waals surface area contributed by atoms with Crippen molar-refractivity contribution in [1.82, 2.24) is 0 Å². The highest BCUT2D eigenvalue weighted by atomic mass is 32.2. The Kier molecular flexibility index (Phi) is 6.61. The highest BCUT2D eigenvalue weighted by molar-refractivity contribution is 7.97. The van der Waals surface area contributed by atoms with Crippen molar-refractivity contribution in [2.75, 3.05) is 0 Å². The van der Waals surface area contributed by atoms with Crippen LogP contribution in [-0.4, -0.2) is 0 Å². The molecule has 0 bridgehead atoms. The van der Waals surface area contributed by atoms with Crippen LogP contribution >= 0.6 is 11.8 Å². The monoisotopic (exact) mass is 606 g/mol. The van der Waals surface area contributed by atoms with Gasteiger partial charge in [0.2, 0.25) is 0 Å². The molecule has 2 heterocycles. The molecule has 9 rings (SSSR count). The first-order chi connectivity index (χ1) is 22.8. The van der Waals surface area contributed by atoms with E-state index >= 15 is 0 Å². The Morgan fingerprint density at radius 1 is 0.348 bits per heavy atom. The minimum Gasteiger partial charge on any atom is -0.456 e. The van der Waals surface area contributed by atoms with Crippen LogP contribution in [0.5, 0.6) is 0 Å². The molecule has 0 aliphatic carbocycles. The number of hydrogen-bond donors (Lipinski definition) is 0. The van der Waals surface area contributed by atoms with Crippen LogP contribution in [0.25, 0.3) is 77.6 Å². The molecular weight excluding hydrogens is 577 g/mol. The van der Waals surface area contributed by atoms with Gasteiger partial charge in [-0.2, -0.15) is 11.8 Å². The van der Waals surface area contributed by atoms with Crippen LogP contribution in [0.4, 0.5) is 0 Å². The Hall–Kier alpha value is -5.31. The molecule has 2 heteroatoms. The molecule has 0 radical (unpaired) electrons. The predicted molar refractivity (Wildman–Crippen MR) is 196 cm³/mol. The van der Waals surface area contributed by atoms with Gasteiger partial charge in [-0.15, -0.1) is 0 Å². The number of benzene rings is 7. The summed E-state index contributed by atoms with van der Waals surface area (Å²) in [7, 11) is 0. The molecule has 0 saturated heterocycles. The molecule has 0 amide bonds. The van der Waals surface area contributed by atoms with Gasteiger partial charge in [0, 0.05) is 22.3 Å². The van der Waals surface area contributed by atoms with Crippen LogP contribution in [-0.2, 0) is 11.5 Å². The Morgan fingerprint density at radius 2 is 0.826 bits per heavy atom. The summed E-state index contributed by atoms with van der Waals surface area (Å²) >= 11 is 2.00. The molecule has 0 unspecified atom stereocenters. The van der Waals surface area contributed by atoms with E-state index in [0.717, 1.165) is 33.4 Å². The lowest BCUT2D eigenvalue weighted by Crippen LogP contribution is -1.92. The van der Waals surface area contributed by atoms with Crippen LogP contribution in [0.3, 0.4) is 0 Å². The Labute approximate surface area is 273 Å². The maximum atomic E-state index is 6.12. The molecule has 218 valence electrons. The van der Waals surface area contributed by atoms with E-state index in [-0.39, 0.29) is 0 Å². The van der Waals surface area contributed by atoms with Crippen molar-refractivity contribution in [3.63, 3.8) is 0 Å². The van der Waals surface area contributed by atoms with E-state index in [4.69, 9.17) is 4.42 Å². The Balaban J connectivity index is 1.18. The smallest absolute Gasteiger partial charge is 0.135 e. The van der Waals surface area contributed by atoms with E-state index in [9.17, 15) is 0 Å². The van der Waals surface area contributed by atoms with Crippen molar-refractivity contribution >= 4 is 33.7 Å². The normalized spacial score (nSPS) is 12.5. The van der Waals surface area contributed by atoms with Crippen LogP contribution in [0.15, 0.2) is 162 Å². The van der Waals surface area contributed by atoms with Gasteiger partial charge in [0.1, 0.15) is 11.2 Å². The van der Waals surface area contributed by atoms with Crippen molar-refractivity contribution in [3.8, 4) is 55.6 Å². The first-order valence-electron chi connectivity index (χ1n) is 15.8. The lowest BCUT2D eigenvalue weighted by atomic mass is 9.89. The van der Waals surface area contributed by atoms with Crippen molar-refractivity contribution < 1.29 is 4.42 Å². The summed E-state index contributed by atoms with van der Waals surface area (Å²) in [4.78, 5) is 0. The second-order valence-corrected chi connectivity index (χ2v) is 13.1. The fourth-order valence-corrected chi connectivity index (χ4v) is 7.88. The minimum absolute atomic E-state index is 0.929. The van der Waals surface area contributed by atoms with Gasteiger partial charge in [-0.25, -0.2) is 0 Å². The number of rotatable bonds is 4. The maximum absolute atomic E-state index is 6.12. The SMILES string of the molecule is c1ccc(-c2cc(-c3ccccc3)cc(-c3ccc4c(c3)-c3cc(-c5ccc6oc7ccccc7c6c5)ccc3CSC4)c2)cc1. The minimum atomic E-state index is 0.929. The van der Waals surface area contributed by atoms with E-state index in [2.05, 4.69) is 146 Å². The zero-order chi connectivity index (χ0) is 30.5. The molecule has 0 spiro atoms. The zero-order valence-corrected chi connectivity index (χ0v) is 26.1. The van der Waals surface area contributed by atoms with Crippen LogP contribution in [0.2, 0.25) is 0 Å². The molecule has 1 aliphatic heterocycles. The van der Waals surface area contributed by atoms with Crippen LogP contribution in [0, 0.1) is 0 Å². The lowest BCUT2D eigenvalue weighted by Gasteiger charge is -2.15. The topological polar surface area (TPSA) is 13.1 Å². The number of thioether (sulfide) groups is 1. The Morgan fingerprint density at radius 3 is 1.46 bits per heavy atom. The molecule has 0 N–H and O–H groups in total. The van der Waals surface area contributed by atoms with E-state index in [1.54, 1.807) is 0 Å². The van der Waals surface area contributed by atoms with Crippen molar-refractivity contribution in [1.29, 1.82) is 0 Å². The summed E-state index contributed by atoms with van der Waals surface area (Å²) in [5.74, 6) is 2.01. The van der Waals surface area contributed by atoms with Crippen molar-refractivity contribution in [3.05, 3.63) is 169 Å². The standard InChI is InChI=1S/C44H30OS/c1-3-9-29(10-4-1)36-21-37(30-11-5-2-6-12-30)23-38(22-36)33-16-18-35-28-46-27-34-17-15-31(24-40(34)41(35)25-33)32-19-20-44-42(26-32)39-13-7-8-14-43(39)45-44/h1-26H,27-28H2. The molecule has 1 nitrogen and oxygen atoms in total. The number of fused-ring (bicyclic) bond motifs is 6. The van der Waals surface area contributed by atoms with Crippen LogP contribution in [0.1, 0.15) is 11.1 Å². The zero-order valence-electron chi connectivity index (χ0n) is 25.2. The van der Waals surface area contributed by atoms with Gasteiger partial charge in [0.15, 0.2) is 0 Å². The summed E-state index contributed by atoms with van der Waals surface area (Å²) in [5, 5.41) is 2.32. The van der Waals surface area contributed by atoms with E-state index in [0.29, 0.717) is 0 Å². The largest absolute Gasteiger partial charge is 0.456 e. The van der Waals surface area contributed by atoms with Gasteiger partial charge in [0.25, 0.3) is 0 Å². The average molecular weight is 607 g/mol. The average Bonchev–Trinajstić information content (AvgIpc) is 3.40. The molecule has 46 heavy (non-hydrogen) atoms. The highest BCUT2D eigenvalue weighted by Crippen LogP contribution is 2.42. The molecule has 7 aromatic carbocycles. The number of para-hydroxylation sites is 1. The summed E-state index contributed by atoms with van der Waals surface area (Å²) in [6.45, 7) is 0. The second kappa shape index (κ2) is 11.2. The predicted octanol–water partition coefficient (Wildman–Crippen LogP) is 12.7. The highest BCUT2D eigenvalue weighted by Gasteiger charge is 2.18. The summed E-state index contributed by atoms with van der Waals surface area (Å²) in [6.07, 6.45) is 0. The molecule has 8 aromatic rings. The number of hydrogen-bond acceptors (Lipinski definition) is 2. The third-order valence-corrected chi connectivity index (χ3v) is 10.2. The maximum Gasteiger partial charge on any atom is 0.135 e. The van der Waals surface area contributed by atoms with Crippen molar-refractivity contribution in [2.45, 2.75) is 11.5 Å². The molecule has 0 atom stereocenters. The van der Waals surface area contributed by atoms with Gasteiger partial charge in [0.05, 0.1) is 0 Å². The molecule has 0 saturated carbocycles. The van der Waals surface area contributed by atoms with E-state index in [1.165, 1.54) is 66.8 Å². The van der Waals surface area contributed by atoms with Gasteiger partial charge in [-0.3, -0.25) is 0 Å². The summed E-state index contributed by atoms with van der Waals surface area (Å²) in [6, 6.07) is 57.4. The molecule has 1 aliphatic rings. The fourth-order valence-electron chi connectivity index (χ4n) is 6.83. The number of furan rings is 1. The summed E-state index contributed by atoms with van der Waals surface area (Å²) < 4.78 is 6.12. The first-order valence-corrected chi connectivity index (χ1v) is 16.9. The first kappa shape index (κ1) is 27.0.